The van der Waals surface area contributed by atoms with E-state index in [9.17, 15) is 9.59 Å². The van der Waals surface area contributed by atoms with Gasteiger partial charge in [-0.1, -0.05) is 6.07 Å². The third-order valence-corrected chi connectivity index (χ3v) is 5.16. The number of carbonyl (C=O) groups is 2. The van der Waals surface area contributed by atoms with Crippen LogP contribution in [0.4, 0.5) is 0 Å². The molecule has 6 heteroatoms. The van der Waals surface area contributed by atoms with E-state index >= 15 is 0 Å². The molecule has 2 aliphatic rings. The first-order valence-corrected chi connectivity index (χ1v) is 8.06. The standard InChI is InChI=1S/C17H22N2O4/c20-9-1-7-19-8-6-17(16(19)22)5-4-12-2-3-13(15(21)18-23)10-14(12)11-17/h2-3,10,20,23H,1,4-9,11H2,(H,18,21). The van der Waals surface area contributed by atoms with Crippen LogP contribution in [0, 0.1) is 5.41 Å². The number of hydroxylamine groups is 1. The van der Waals surface area contributed by atoms with Crippen molar-refractivity contribution in [1.29, 1.82) is 0 Å². The summed E-state index contributed by atoms with van der Waals surface area (Å²) in [6.45, 7) is 1.45. The van der Waals surface area contributed by atoms with Gasteiger partial charge in [0.1, 0.15) is 0 Å². The maximum atomic E-state index is 12.8. The largest absolute Gasteiger partial charge is 0.396 e. The van der Waals surface area contributed by atoms with Crippen LogP contribution in [0.2, 0.25) is 0 Å². The van der Waals surface area contributed by atoms with E-state index in [2.05, 4.69) is 0 Å². The van der Waals surface area contributed by atoms with Crippen molar-refractivity contribution in [1.82, 2.24) is 10.4 Å². The summed E-state index contributed by atoms with van der Waals surface area (Å²) in [6.07, 6.45) is 3.74. The minimum atomic E-state index is -0.533. The second kappa shape index (κ2) is 6.29. The molecule has 6 nitrogen and oxygen atoms in total. The smallest absolute Gasteiger partial charge is 0.274 e. The number of aliphatic hydroxyl groups excluding tert-OH is 1. The highest BCUT2D eigenvalue weighted by atomic mass is 16.5. The lowest BCUT2D eigenvalue weighted by atomic mass is 9.70. The van der Waals surface area contributed by atoms with Crippen molar-refractivity contribution in [3.8, 4) is 0 Å². The lowest BCUT2D eigenvalue weighted by molar-refractivity contribution is -0.136. The molecule has 1 heterocycles. The van der Waals surface area contributed by atoms with Crippen LogP contribution in [0.15, 0.2) is 18.2 Å². The molecule has 3 rings (SSSR count). The molecule has 1 aliphatic heterocycles. The first-order chi connectivity index (χ1) is 11.1. The fourth-order valence-electron chi connectivity index (χ4n) is 3.83. The molecule has 0 radical (unpaired) electrons. The number of benzene rings is 1. The van der Waals surface area contributed by atoms with Gasteiger partial charge in [-0.05, 0) is 55.4 Å². The molecule has 1 fully saturated rings. The topological polar surface area (TPSA) is 89.9 Å². The van der Waals surface area contributed by atoms with E-state index in [-0.39, 0.29) is 17.9 Å². The van der Waals surface area contributed by atoms with Gasteiger partial charge in [0.25, 0.3) is 5.91 Å². The number of aryl methyl sites for hydroxylation is 1. The number of hydrogen-bond donors (Lipinski definition) is 3. The molecule has 1 aromatic carbocycles. The Morgan fingerprint density at radius 3 is 2.87 bits per heavy atom. The number of likely N-dealkylation sites (tertiary alicyclic amines) is 1. The van der Waals surface area contributed by atoms with Crippen molar-refractivity contribution in [3.05, 3.63) is 34.9 Å². The number of aliphatic hydroxyl groups is 1. The predicted molar refractivity (Wildman–Crippen MR) is 83.1 cm³/mol. The number of rotatable bonds is 4. The molecule has 124 valence electrons. The van der Waals surface area contributed by atoms with Gasteiger partial charge in [-0.15, -0.1) is 0 Å². The first kappa shape index (κ1) is 16.0. The second-order valence-corrected chi connectivity index (χ2v) is 6.50. The number of fused-ring (bicyclic) bond motifs is 1. The Morgan fingerprint density at radius 2 is 2.13 bits per heavy atom. The third-order valence-electron chi connectivity index (χ3n) is 5.16. The van der Waals surface area contributed by atoms with Gasteiger partial charge in [0, 0.05) is 25.3 Å². The maximum Gasteiger partial charge on any atom is 0.274 e. The van der Waals surface area contributed by atoms with Crippen LogP contribution < -0.4 is 5.48 Å². The van der Waals surface area contributed by atoms with Gasteiger partial charge >= 0.3 is 0 Å². The van der Waals surface area contributed by atoms with E-state index in [1.807, 2.05) is 11.0 Å². The van der Waals surface area contributed by atoms with Crippen LogP contribution in [0.5, 0.6) is 0 Å². The fourth-order valence-corrected chi connectivity index (χ4v) is 3.83. The number of hydrogen-bond acceptors (Lipinski definition) is 4. The molecular formula is C17H22N2O4. The highest BCUT2D eigenvalue weighted by Gasteiger charge is 2.47. The quantitative estimate of drug-likeness (QED) is 0.568. The zero-order valence-electron chi connectivity index (χ0n) is 13.0. The van der Waals surface area contributed by atoms with Crippen LogP contribution in [0.1, 0.15) is 40.7 Å². The Balaban J connectivity index is 1.82. The molecule has 1 unspecified atom stereocenters. The van der Waals surface area contributed by atoms with E-state index in [1.165, 1.54) is 5.56 Å². The molecule has 1 atom stereocenters. The van der Waals surface area contributed by atoms with Crippen molar-refractivity contribution >= 4 is 11.8 Å². The summed E-state index contributed by atoms with van der Waals surface area (Å²) >= 11 is 0. The summed E-state index contributed by atoms with van der Waals surface area (Å²) in [5, 5.41) is 17.7. The summed E-state index contributed by atoms with van der Waals surface area (Å²) in [4.78, 5) is 26.2. The number of carbonyl (C=O) groups excluding carboxylic acids is 2. The van der Waals surface area contributed by atoms with Crippen molar-refractivity contribution in [2.45, 2.75) is 32.1 Å². The molecule has 2 amide bonds. The van der Waals surface area contributed by atoms with Gasteiger partial charge in [-0.3, -0.25) is 14.8 Å². The van der Waals surface area contributed by atoms with Crippen molar-refractivity contribution in [2.24, 2.45) is 5.41 Å². The van der Waals surface area contributed by atoms with E-state index in [1.54, 1.807) is 17.6 Å². The molecule has 0 aromatic heterocycles. The zero-order valence-corrected chi connectivity index (χ0v) is 13.0. The highest BCUT2D eigenvalue weighted by molar-refractivity contribution is 5.93. The van der Waals surface area contributed by atoms with Gasteiger partial charge in [0.2, 0.25) is 5.91 Å². The maximum absolute atomic E-state index is 12.8. The molecular weight excluding hydrogens is 296 g/mol. The Hall–Kier alpha value is -1.92. The Morgan fingerprint density at radius 1 is 1.30 bits per heavy atom. The Labute approximate surface area is 135 Å². The summed E-state index contributed by atoms with van der Waals surface area (Å²) in [5.41, 5.74) is 3.89. The van der Waals surface area contributed by atoms with Crippen molar-refractivity contribution in [3.63, 3.8) is 0 Å². The van der Waals surface area contributed by atoms with Gasteiger partial charge in [0.15, 0.2) is 0 Å². The van der Waals surface area contributed by atoms with Gasteiger partial charge in [0.05, 0.1) is 5.41 Å². The van der Waals surface area contributed by atoms with E-state index in [4.69, 9.17) is 10.3 Å². The summed E-state index contributed by atoms with van der Waals surface area (Å²) in [7, 11) is 0. The monoisotopic (exact) mass is 318 g/mol. The summed E-state index contributed by atoms with van der Waals surface area (Å²) < 4.78 is 0. The normalized spacial score (nSPS) is 23.2. The minimum Gasteiger partial charge on any atom is -0.396 e. The average Bonchev–Trinajstić information content (AvgIpc) is 2.87. The predicted octanol–water partition coefficient (Wildman–Crippen LogP) is 0.895. The Kier molecular flexibility index (Phi) is 4.37. The van der Waals surface area contributed by atoms with Crippen LogP contribution >= 0.6 is 0 Å². The molecule has 1 spiro atoms. The van der Waals surface area contributed by atoms with Crippen LogP contribution in [-0.4, -0.2) is 46.7 Å². The number of nitrogens with one attached hydrogen (secondary N) is 1. The molecule has 1 aromatic rings. The minimum absolute atomic E-state index is 0.0965. The van der Waals surface area contributed by atoms with E-state index < -0.39 is 5.91 Å². The second-order valence-electron chi connectivity index (χ2n) is 6.50. The lowest BCUT2D eigenvalue weighted by Gasteiger charge is -2.33. The lowest BCUT2D eigenvalue weighted by Crippen LogP contribution is -2.39. The van der Waals surface area contributed by atoms with Gasteiger partial charge in [-0.2, -0.15) is 0 Å². The average molecular weight is 318 g/mol. The zero-order chi connectivity index (χ0) is 16.4. The van der Waals surface area contributed by atoms with Crippen molar-refractivity contribution < 1.29 is 19.9 Å². The van der Waals surface area contributed by atoms with E-state index in [0.29, 0.717) is 24.9 Å². The fraction of sp³-hybridized carbons (Fsp3) is 0.529. The van der Waals surface area contributed by atoms with Gasteiger partial charge < -0.3 is 10.0 Å². The molecule has 23 heavy (non-hydrogen) atoms. The van der Waals surface area contributed by atoms with Gasteiger partial charge in [-0.25, -0.2) is 5.48 Å². The first-order valence-electron chi connectivity index (χ1n) is 8.06. The number of amides is 2. The summed E-state index contributed by atoms with van der Waals surface area (Å²) in [5.74, 6) is -0.358. The molecule has 3 N–H and O–H groups in total. The molecule has 0 bridgehead atoms. The van der Waals surface area contributed by atoms with Crippen LogP contribution in [0.25, 0.3) is 0 Å². The Bertz CT molecular complexity index is 631. The van der Waals surface area contributed by atoms with Crippen LogP contribution in [-0.2, 0) is 17.6 Å². The number of nitrogens with zero attached hydrogens (tertiary/aromatic N) is 1. The SMILES string of the molecule is O=C(NO)c1ccc2c(c1)CC1(CC2)CCN(CCCO)C1=O. The van der Waals surface area contributed by atoms with E-state index in [0.717, 1.165) is 31.4 Å². The highest BCUT2D eigenvalue weighted by Crippen LogP contribution is 2.43. The third kappa shape index (κ3) is 2.84. The molecule has 1 aliphatic carbocycles. The molecule has 0 saturated carbocycles. The van der Waals surface area contributed by atoms with Crippen molar-refractivity contribution in [2.75, 3.05) is 19.7 Å². The molecule has 1 saturated heterocycles. The van der Waals surface area contributed by atoms with Crippen LogP contribution in [0.3, 0.4) is 0 Å². The summed E-state index contributed by atoms with van der Waals surface area (Å²) in [6, 6.07) is 5.40.